The van der Waals surface area contributed by atoms with E-state index in [-0.39, 0.29) is 0 Å². The van der Waals surface area contributed by atoms with E-state index in [2.05, 4.69) is 31.8 Å². The maximum atomic E-state index is 4.74. The fourth-order valence-electron chi connectivity index (χ4n) is 0.716. The monoisotopic (exact) mass is 163 g/mol. The van der Waals surface area contributed by atoms with Crippen LogP contribution in [0.25, 0.3) is 0 Å². The fraction of sp³-hybridized carbons (Fsp3) is 0.833. The molecule has 3 heteroatoms. The highest BCUT2D eigenvalue weighted by atomic mass is 32.1. The average molecular weight is 163 g/mol. The Bertz CT molecular complexity index is 93.1. The van der Waals surface area contributed by atoms with Gasteiger partial charge in [0.15, 0.2) is 0 Å². The Labute approximate surface area is 67.6 Å². The van der Waals surface area contributed by atoms with Crippen LogP contribution in [0.15, 0.2) is 0 Å². The second-order valence-electron chi connectivity index (χ2n) is 2.14. The van der Waals surface area contributed by atoms with Crippen LogP contribution in [0.4, 0.5) is 0 Å². The molecule has 0 rings (SSSR count). The SMILES string of the molecule is CCCC(C)NC(=S)S. The van der Waals surface area contributed by atoms with Crippen molar-refractivity contribution in [3.05, 3.63) is 0 Å². The van der Waals surface area contributed by atoms with E-state index in [0.29, 0.717) is 10.4 Å². The third-order valence-electron chi connectivity index (χ3n) is 1.09. The Morgan fingerprint density at radius 3 is 2.67 bits per heavy atom. The Morgan fingerprint density at radius 2 is 2.33 bits per heavy atom. The number of nitrogens with one attached hydrogen (secondary N) is 1. The zero-order valence-electron chi connectivity index (χ0n) is 5.85. The lowest BCUT2D eigenvalue weighted by molar-refractivity contribution is 0.603. The molecule has 0 radical (unpaired) electrons. The molecule has 0 fully saturated rings. The maximum absolute atomic E-state index is 4.74. The molecule has 1 unspecified atom stereocenters. The normalized spacial score (nSPS) is 12.8. The minimum absolute atomic E-state index is 0.472. The minimum atomic E-state index is 0.472. The van der Waals surface area contributed by atoms with Crippen molar-refractivity contribution in [3.63, 3.8) is 0 Å². The molecule has 1 atom stereocenters. The quantitative estimate of drug-likeness (QED) is 0.487. The van der Waals surface area contributed by atoms with Gasteiger partial charge >= 0.3 is 0 Å². The minimum Gasteiger partial charge on any atom is -0.369 e. The number of thiol groups is 1. The Balaban J connectivity index is 3.26. The number of rotatable bonds is 3. The van der Waals surface area contributed by atoms with Gasteiger partial charge in [-0.1, -0.05) is 25.6 Å². The van der Waals surface area contributed by atoms with Gasteiger partial charge in [-0.05, 0) is 13.3 Å². The third-order valence-corrected chi connectivity index (χ3v) is 1.34. The van der Waals surface area contributed by atoms with Crippen LogP contribution < -0.4 is 5.32 Å². The Morgan fingerprint density at radius 1 is 1.78 bits per heavy atom. The molecule has 0 bridgehead atoms. The summed E-state index contributed by atoms with van der Waals surface area (Å²) in [7, 11) is 0. The van der Waals surface area contributed by atoms with E-state index in [1.54, 1.807) is 0 Å². The van der Waals surface area contributed by atoms with E-state index in [0.717, 1.165) is 6.42 Å². The lowest BCUT2D eigenvalue weighted by Gasteiger charge is -2.10. The lowest BCUT2D eigenvalue weighted by atomic mass is 10.2. The molecular formula is C6H13NS2. The van der Waals surface area contributed by atoms with Gasteiger partial charge in [-0.15, -0.1) is 12.6 Å². The van der Waals surface area contributed by atoms with Crippen molar-refractivity contribution in [2.75, 3.05) is 0 Å². The number of thiocarbonyl (C=S) groups is 1. The highest BCUT2D eigenvalue weighted by Crippen LogP contribution is 1.95. The molecule has 0 aromatic rings. The van der Waals surface area contributed by atoms with Crippen molar-refractivity contribution < 1.29 is 0 Å². The maximum Gasteiger partial charge on any atom is 0.130 e. The molecule has 9 heavy (non-hydrogen) atoms. The highest BCUT2D eigenvalue weighted by molar-refractivity contribution is 8.11. The zero-order chi connectivity index (χ0) is 7.28. The van der Waals surface area contributed by atoms with Crippen LogP contribution in [0, 0.1) is 0 Å². The summed E-state index contributed by atoms with van der Waals surface area (Å²) in [6.45, 7) is 4.26. The first-order chi connectivity index (χ1) is 4.16. The Hall–Kier alpha value is 0.240. The summed E-state index contributed by atoms with van der Waals surface area (Å²) in [5.74, 6) is 0. The topological polar surface area (TPSA) is 12.0 Å². The molecule has 0 spiro atoms. The lowest BCUT2D eigenvalue weighted by Crippen LogP contribution is -2.27. The van der Waals surface area contributed by atoms with Crippen LogP contribution in [0.2, 0.25) is 0 Å². The fourth-order valence-corrected chi connectivity index (χ4v) is 1.14. The van der Waals surface area contributed by atoms with E-state index in [1.165, 1.54) is 6.42 Å². The molecule has 0 aliphatic rings. The van der Waals surface area contributed by atoms with Crippen LogP contribution >= 0.6 is 24.8 Å². The van der Waals surface area contributed by atoms with Crippen molar-refractivity contribution in [3.8, 4) is 0 Å². The van der Waals surface area contributed by atoms with Crippen molar-refractivity contribution >= 4 is 29.2 Å². The molecule has 0 aromatic carbocycles. The van der Waals surface area contributed by atoms with E-state index in [9.17, 15) is 0 Å². The predicted molar refractivity (Wildman–Crippen MR) is 49.1 cm³/mol. The van der Waals surface area contributed by atoms with Crippen LogP contribution in [-0.2, 0) is 0 Å². The molecule has 54 valence electrons. The summed E-state index contributed by atoms with van der Waals surface area (Å²) in [6.07, 6.45) is 2.34. The van der Waals surface area contributed by atoms with Crippen LogP contribution in [0.3, 0.4) is 0 Å². The molecule has 0 aliphatic heterocycles. The summed E-state index contributed by atoms with van der Waals surface area (Å²) in [5, 5.41) is 3.04. The average Bonchev–Trinajstić information content (AvgIpc) is 1.63. The van der Waals surface area contributed by atoms with Crippen LogP contribution in [0.5, 0.6) is 0 Å². The summed E-state index contributed by atoms with van der Waals surface area (Å²) >= 11 is 8.69. The summed E-state index contributed by atoms with van der Waals surface area (Å²) in [6, 6.07) is 0.472. The first-order valence-corrected chi connectivity index (χ1v) is 4.01. The first-order valence-electron chi connectivity index (χ1n) is 3.16. The van der Waals surface area contributed by atoms with Crippen LogP contribution in [-0.4, -0.2) is 10.4 Å². The van der Waals surface area contributed by atoms with Gasteiger partial charge in [0.2, 0.25) is 0 Å². The Kier molecular flexibility index (Phi) is 5.19. The third kappa shape index (κ3) is 6.12. The number of hydrogen-bond donors (Lipinski definition) is 2. The number of hydrogen-bond acceptors (Lipinski definition) is 1. The summed E-state index contributed by atoms with van der Waals surface area (Å²) < 4.78 is 0.593. The molecule has 0 aliphatic carbocycles. The largest absolute Gasteiger partial charge is 0.369 e. The first kappa shape index (κ1) is 9.24. The smallest absolute Gasteiger partial charge is 0.130 e. The van der Waals surface area contributed by atoms with Gasteiger partial charge in [-0.3, -0.25) is 0 Å². The molecule has 1 nitrogen and oxygen atoms in total. The second kappa shape index (κ2) is 5.06. The van der Waals surface area contributed by atoms with Crippen LogP contribution in [0.1, 0.15) is 26.7 Å². The van der Waals surface area contributed by atoms with Gasteiger partial charge in [0.25, 0.3) is 0 Å². The van der Waals surface area contributed by atoms with Gasteiger partial charge < -0.3 is 5.32 Å². The highest BCUT2D eigenvalue weighted by Gasteiger charge is 1.97. The van der Waals surface area contributed by atoms with Crippen molar-refractivity contribution in [1.29, 1.82) is 0 Å². The van der Waals surface area contributed by atoms with Crippen molar-refractivity contribution in [2.45, 2.75) is 32.7 Å². The molecule has 0 heterocycles. The second-order valence-corrected chi connectivity index (χ2v) is 3.30. The molecule has 0 amide bonds. The van der Waals surface area contributed by atoms with E-state index < -0.39 is 0 Å². The van der Waals surface area contributed by atoms with Gasteiger partial charge in [0.1, 0.15) is 4.32 Å². The van der Waals surface area contributed by atoms with E-state index >= 15 is 0 Å². The van der Waals surface area contributed by atoms with E-state index in [1.807, 2.05) is 0 Å². The van der Waals surface area contributed by atoms with Crippen molar-refractivity contribution in [1.82, 2.24) is 5.32 Å². The summed E-state index contributed by atoms with van der Waals surface area (Å²) in [5.41, 5.74) is 0. The van der Waals surface area contributed by atoms with Gasteiger partial charge in [-0.2, -0.15) is 0 Å². The molecule has 1 N–H and O–H groups in total. The molecule has 0 saturated heterocycles. The van der Waals surface area contributed by atoms with Crippen molar-refractivity contribution in [2.24, 2.45) is 0 Å². The zero-order valence-corrected chi connectivity index (χ0v) is 7.56. The molecule has 0 saturated carbocycles. The van der Waals surface area contributed by atoms with Gasteiger partial charge in [-0.25, -0.2) is 0 Å². The molecular weight excluding hydrogens is 150 g/mol. The summed E-state index contributed by atoms with van der Waals surface area (Å²) in [4.78, 5) is 0. The standard InChI is InChI=1S/C6H13NS2/c1-3-4-5(2)7-6(8)9/h5H,3-4H2,1-2H3,(H2,7,8,9). The molecule has 0 aromatic heterocycles. The van der Waals surface area contributed by atoms with Gasteiger partial charge in [0.05, 0.1) is 0 Å². The van der Waals surface area contributed by atoms with E-state index in [4.69, 9.17) is 12.2 Å². The van der Waals surface area contributed by atoms with Gasteiger partial charge in [0, 0.05) is 6.04 Å². The predicted octanol–water partition coefficient (Wildman–Crippen LogP) is 1.98.